The molecule has 1 unspecified atom stereocenters. The van der Waals surface area contributed by atoms with Crippen LogP contribution in [0.25, 0.3) is 0 Å². The molecule has 0 saturated carbocycles. The minimum absolute atomic E-state index is 0.114. The summed E-state index contributed by atoms with van der Waals surface area (Å²) in [6, 6.07) is 18.5. The van der Waals surface area contributed by atoms with Crippen LogP contribution in [0, 0.1) is 0 Å². The molecule has 2 aromatic rings. The lowest BCUT2D eigenvalue weighted by atomic mass is 10.1. The van der Waals surface area contributed by atoms with Crippen LogP contribution >= 0.6 is 0 Å². The van der Waals surface area contributed by atoms with Crippen molar-refractivity contribution in [3.63, 3.8) is 0 Å². The maximum Gasteiger partial charge on any atom is 0.246 e. The van der Waals surface area contributed by atoms with Crippen LogP contribution < -0.4 is 5.32 Å². The molecule has 4 rings (SSSR count). The number of carbonyl (C=O) groups is 1. The van der Waals surface area contributed by atoms with Gasteiger partial charge in [0.25, 0.3) is 0 Å². The second kappa shape index (κ2) is 8.28. The van der Waals surface area contributed by atoms with Crippen molar-refractivity contribution < 1.29 is 4.79 Å². The summed E-state index contributed by atoms with van der Waals surface area (Å²) in [4.78, 5) is 17.1. The minimum atomic E-state index is -0.120. The number of piperazine rings is 1. The maximum atomic E-state index is 12.3. The number of benzene rings is 2. The molecule has 2 aliphatic heterocycles. The Morgan fingerprint density at radius 3 is 2.28 bits per heavy atom. The third-order valence-corrected chi connectivity index (χ3v) is 4.78. The molecule has 1 amide bonds. The third kappa shape index (κ3) is 3.91. The van der Waals surface area contributed by atoms with Crippen molar-refractivity contribution in [3.8, 4) is 0 Å². The first kappa shape index (κ1) is 17.6. The van der Waals surface area contributed by atoms with Gasteiger partial charge in [0.2, 0.25) is 5.91 Å². The van der Waals surface area contributed by atoms with Gasteiger partial charge in [0, 0.05) is 44.0 Å². The highest BCUT2D eigenvalue weighted by Gasteiger charge is 2.36. The van der Waals surface area contributed by atoms with Crippen LogP contribution in [0.3, 0.4) is 0 Å². The van der Waals surface area contributed by atoms with Gasteiger partial charge in [-0.2, -0.15) is 0 Å². The summed E-state index contributed by atoms with van der Waals surface area (Å²) in [6.45, 7) is 8.85. The van der Waals surface area contributed by atoms with Crippen LogP contribution in [-0.2, 0) is 11.3 Å². The molecule has 0 aliphatic carbocycles. The Morgan fingerprint density at radius 2 is 1.56 bits per heavy atom. The fourth-order valence-corrected chi connectivity index (χ4v) is 3.58. The highest BCUT2D eigenvalue weighted by atomic mass is 16.2. The van der Waals surface area contributed by atoms with Crippen molar-refractivity contribution in [3.05, 3.63) is 65.7 Å². The van der Waals surface area contributed by atoms with Crippen LogP contribution in [0.15, 0.2) is 54.6 Å². The molecule has 1 N–H and O–H groups in total. The molecule has 1 fully saturated rings. The first-order valence-corrected chi connectivity index (χ1v) is 9.21. The zero-order valence-electron chi connectivity index (χ0n) is 15.1. The van der Waals surface area contributed by atoms with Crippen molar-refractivity contribution >= 4 is 11.6 Å². The predicted octanol–water partition coefficient (Wildman–Crippen LogP) is 3.52. The quantitative estimate of drug-likeness (QED) is 0.931. The SMILES string of the molecule is CC.O=C1Nc2ccccc2C1N1CCN(Cc2ccccc2)CC1. The number of hydrogen-bond donors (Lipinski definition) is 1. The summed E-state index contributed by atoms with van der Waals surface area (Å²) in [7, 11) is 0. The molecule has 2 heterocycles. The molecule has 4 nitrogen and oxygen atoms in total. The van der Waals surface area contributed by atoms with Gasteiger partial charge in [0.15, 0.2) is 0 Å². The van der Waals surface area contributed by atoms with Crippen LogP contribution in [0.5, 0.6) is 0 Å². The number of fused-ring (bicyclic) bond motifs is 1. The molecule has 132 valence electrons. The van der Waals surface area contributed by atoms with Gasteiger partial charge < -0.3 is 5.32 Å². The molecular formula is C21H27N3O. The normalized spacial score (nSPS) is 20.4. The van der Waals surface area contributed by atoms with Crippen molar-refractivity contribution in [2.45, 2.75) is 26.4 Å². The highest BCUT2D eigenvalue weighted by Crippen LogP contribution is 2.35. The largest absolute Gasteiger partial charge is 0.324 e. The topological polar surface area (TPSA) is 35.6 Å². The van der Waals surface area contributed by atoms with E-state index in [-0.39, 0.29) is 11.9 Å². The summed E-state index contributed by atoms with van der Waals surface area (Å²) in [5, 5.41) is 3.00. The van der Waals surface area contributed by atoms with E-state index in [1.54, 1.807) is 0 Å². The van der Waals surface area contributed by atoms with Crippen LogP contribution in [0.4, 0.5) is 5.69 Å². The van der Waals surface area contributed by atoms with Gasteiger partial charge >= 0.3 is 0 Å². The zero-order chi connectivity index (χ0) is 17.6. The number of nitrogens with zero attached hydrogens (tertiary/aromatic N) is 2. The van der Waals surface area contributed by atoms with E-state index >= 15 is 0 Å². The van der Waals surface area contributed by atoms with Gasteiger partial charge in [-0.15, -0.1) is 0 Å². The molecule has 0 bridgehead atoms. The number of anilines is 1. The van der Waals surface area contributed by atoms with E-state index < -0.39 is 0 Å². The van der Waals surface area contributed by atoms with Gasteiger partial charge in [-0.25, -0.2) is 0 Å². The fourth-order valence-electron chi connectivity index (χ4n) is 3.58. The molecular weight excluding hydrogens is 310 g/mol. The van der Waals surface area contributed by atoms with Crippen LogP contribution in [-0.4, -0.2) is 41.9 Å². The maximum absolute atomic E-state index is 12.3. The van der Waals surface area contributed by atoms with E-state index in [1.165, 1.54) is 5.56 Å². The first-order chi connectivity index (χ1) is 12.3. The lowest BCUT2D eigenvalue weighted by Crippen LogP contribution is -2.48. The van der Waals surface area contributed by atoms with Crippen molar-refractivity contribution in [1.29, 1.82) is 0 Å². The van der Waals surface area contributed by atoms with Crippen molar-refractivity contribution in [1.82, 2.24) is 9.80 Å². The van der Waals surface area contributed by atoms with E-state index in [4.69, 9.17) is 0 Å². The highest BCUT2D eigenvalue weighted by molar-refractivity contribution is 6.02. The van der Waals surface area contributed by atoms with Crippen LogP contribution in [0.2, 0.25) is 0 Å². The van der Waals surface area contributed by atoms with Gasteiger partial charge in [-0.05, 0) is 11.6 Å². The zero-order valence-corrected chi connectivity index (χ0v) is 15.1. The van der Waals surface area contributed by atoms with Gasteiger partial charge in [0.1, 0.15) is 6.04 Å². The summed E-state index contributed by atoms with van der Waals surface area (Å²) < 4.78 is 0. The first-order valence-electron chi connectivity index (χ1n) is 9.21. The Hall–Kier alpha value is -2.17. The van der Waals surface area contributed by atoms with Crippen molar-refractivity contribution in [2.75, 3.05) is 31.5 Å². The molecule has 0 aromatic heterocycles. The summed E-state index contributed by atoms with van der Waals surface area (Å²) in [6.07, 6.45) is 0. The van der Waals surface area contributed by atoms with Gasteiger partial charge in [0.05, 0.1) is 0 Å². The lowest BCUT2D eigenvalue weighted by Gasteiger charge is -2.37. The Morgan fingerprint density at radius 1 is 0.920 bits per heavy atom. The second-order valence-electron chi connectivity index (χ2n) is 6.28. The Balaban J connectivity index is 0.000000880. The number of hydrogen-bond acceptors (Lipinski definition) is 3. The molecule has 4 heteroatoms. The Kier molecular flexibility index (Phi) is 5.84. The van der Waals surface area contributed by atoms with E-state index in [2.05, 4.69) is 51.5 Å². The van der Waals surface area contributed by atoms with Crippen molar-refractivity contribution in [2.24, 2.45) is 0 Å². The minimum Gasteiger partial charge on any atom is -0.324 e. The number of carbonyl (C=O) groups excluding carboxylic acids is 1. The second-order valence-corrected chi connectivity index (χ2v) is 6.28. The molecule has 0 radical (unpaired) electrons. The monoisotopic (exact) mass is 337 g/mol. The molecule has 1 saturated heterocycles. The molecule has 1 atom stereocenters. The number of para-hydroxylation sites is 1. The fraction of sp³-hybridized carbons (Fsp3) is 0.381. The van der Waals surface area contributed by atoms with E-state index in [9.17, 15) is 4.79 Å². The third-order valence-electron chi connectivity index (χ3n) is 4.78. The average molecular weight is 337 g/mol. The van der Waals surface area contributed by atoms with Crippen LogP contribution in [0.1, 0.15) is 31.0 Å². The molecule has 0 spiro atoms. The van der Waals surface area contributed by atoms with E-state index in [0.717, 1.165) is 44.0 Å². The van der Waals surface area contributed by atoms with Gasteiger partial charge in [-0.1, -0.05) is 62.4 Å². The number of amides is 1. The molecule has 25 heavy (non-hydrogen) atoms. The average Bonchev–Trinajstić information content (AvgIpc) is 3.01. The molecule has 2 aliphatic rings. The van der Waals surface area contributed by atoms with E-state index in [0.29, 0.717) is 0 Å². The van der Waals surface area contributed by atoms with Gasteiger partial charge in [-0.3, -0.25) is 14.6 Å². The summed E-state index contributed by atoms with van der Waals surface area (Å²) >= 11 is 0. The Bertz CT molecular complexity index is 693. The summed E-state index contributed by atoms with van der Waals surface area (Å²) in [5.41, 5.74) is 3.44. The molecule has 2 aromatic carbocycles. The lowest BCUT2D eigenvalue weighted by molar-refractivity contribution is -0.121. The smallest absolute Gasteiger partial charge is 0.246 e. The van der Waals surface area contributed by atoms with E-state index in [1.807, 2.05) is 32.0 Å². The summed E-state index contributed by atoms with van der Waals surface area (Å²) in [5.74, 6) is 0.114. The number of nitrogens with one attached hydrogen (secondary N) is 1. The predicted molar refractivity (Wildman–Crippen MR) is 102 cm³/mol. The standard InChI is InChI=1S/C19H21N3O.C2H6/c23-19-18(16-8-4-5-9-17(16)20-19)22-12-10-21(11-13-22)14-15-6-2-1-3-7-15;1-2/h1-9,18H,10-14H2,(H,20,23);1-2H3. The number of rotatable bonds is 3. The Labute approximate surface area is 150 Å².